The van der Waals surface area contributed by atoms with E-state index in [0.29, 0.717) is 17.4 Å². The van der Waals surface area contributed by atoms with Gasteiger partial charge in [-0.1, -0.05) is 17.7 Å². The Morgan fingerprint density at radius 1 is 1.53 bits per heavy atom. The highest BCUT2D eigenvalue weighted by atomic mass is 35.5. The molecule has 0 radical (unpaired) electrons. The highest BCUT2D eigenvalue weighted by Gasteiger charge is 2.12. The minimum atomic E-state index is -0.571. The lowest BCUT2D eigenvalue weighted by atomic mass is 10.1. The third-order valence-corrected chi connectivity index (χ3v) is 2.22. The fraction of sp³-hybridized carbons (Fsp3) is 0.364. The Kier molecular flexibility index (Phi) is 4.41. The molecular weight excluding hydrogens is 214 g/mol. The molecule has 1 rings (SSSR count). The first kappa shape index (κ1) is 11.8. The molecule has 3 nitrogen and oxygen atoms in total. The molecule has 0 heterocycles. The zero-order chi connectivity index (χ0) is 11.3. The summed E-state index contributed by atoms with van der Waals surface area (Å²) in [6.07, 6.45) is -0.571. The Hall–Kier alpha value is -1.24. The molecule has 0 aliphatic rings. The first-order valence-corrected chi connectivity index (χ1v) is 4.95. The van der Waals surface area contributed by atoms with Gasteiger partial charge < -0.3 is 9.47 Å². The molecule has 80 valence electrons. The molecule has 1 aromatic carbocycles. The number of benzene rings is 1. The van der Waals surface area contributed by atoms with Crippen molar-refractivity contribution in [3.63, 3.8) is 0 Å². The fourth-order valence-electron chi connectivity index (χ4n) is 1.22. The lowest BCUT2D eigenvalue weighted by Crippen LogP contribution is -2.01. The van der Waals surface area contributed by atoms with Crippen molar-refractivity contribution in [2.24, 2.45) is 0 Å². The molecule has 1 atom stereocenters. The lowest BCUT2D eigenvalue weighted by Gasteiger charge is -2.11. The molecule has 1 unspecified atom stereocenters. The highest BCUT2D eigenvalue weighted by Crippen LogP contribution is 2.28. The van der Waals surface area contributed by atoms with Gasteiger partial charge in [0.1, 0.15) is 5.75 Å². The van der Waals surface area contributed by atoms with E-state index in [1.165, 1.54) is 0 Å². The Bertz CT molecular complexity index is 373. The Morgan fingerprint density at radius 3 is 2.73 bits per heavy atom. The fourth-order valence-corrected chi connectivity index (χ4v) is 1.49. The summed E-state index contributed by atoms with van der Waals surface area (Å²) < 4.78 is 10.3. The summed E-state index contributed by atoms with van der Waals surface area (Å²) in [5.74, 6) is 0.591. The quantitative estimate of drug-likeness (QED) is 0.791. The van der Waals surface area contributed by atoms with Gasteiger partial charge in [-0.2, -0.15) is 5.26 Å². The van der Waals surface area contributed by atoms with Crippen LogP contribution in [0.5, 0.6) is 5.75 Å². The van der Waals surface area contributed by atoms with Gasteiger partial charge in [-0.25, -0.2) is 0 Å². The molecule has 0 saturated heterocycles. The SMILES string of the molecule is CCOC(C#N)c1ccc(OC)c(Cl)c1. The van der Waals surface area contributed by atoms with Crippen LogP contribution in [0.4, 0.5) is 0 Å². The van der Waals surface area contributed by atoms with Gasteiger partial charge in [0.2, 0.25) is 0 Å². The van der Waals surface area contributed by atoms with E-state index < -0.39 is 6.10 Å². The van der Waals surface area contributed by atoms with Crippen molar-refractivity contribution in [2.75, 3.05) is 13.7 Å². The number of ether oxygens (including phenoxy) is 2. The maximum atomic E-state index is 8.88. The van der Waals surface area contributed by atoms with E-state index in [1.54, 1.807) is 25.3 Å². The zero-order valence-corrected chi connectivity index (χ0v) is 9.41. The molecule has 0 bridgehead atoms. The average Bonchev–Trinajstić information content (AvgIpc) is 2.25. The number of methoxy groups -OCH3 is 1. The summed E-state index contributed by atoms with van der Waals surface area (Å²) >= 11 is 5.94. The van der Waals surface area contributed by atoms with Crippen LogP contribution in [-0.4, -0.2) is 13.7 Å². The molecule has 4 heteroatoms. The lowest BCUT2D eigenvalue weighted by molar-refractivity contribution is 0.102. The molecule has 1 aromatic rings. The van der Waals surface area contributed by atoms with Crippen LogP contribution in [0.2, 0.25) is 5.02 Å². The van der Waals surface area contributed by atoms with Crippen molar-refractivity contribution < 1.29 is 9.47 Å². The van der Waals surface area contributed by atoms with Crippen LogP contribution in [0.3, 0.4) is 0 Å². The number of nitrogens with zero attached hydrogens (tertiary/aromatic N) is 1. The van der Waals surface area contributed by atoms with Gasteiger partial charge in [0.25, 0.3) is 0 Å². The second-order valence-electron chi connectivity index (χ2n) is 2.86. The molecule has 0 fully saturated rings. The van der Waals surface area contributed by atoms with E-state index in [-0.39, 0.29) is 0 Å². The van der Waals surface area contributed by atoms with E-state index >= 15 is 0 Å². The number of rotatable bonds is 4. The van der Waals surface area contributed by atoms with E-state index in [2.05, 4.69) is 6.07 Å². The first-order chi connectivity index (χ1) is 7.22. The van der Waals surface area contributed by atoms with Gasteiger partial charge in [0, 0.05) is 6.61 Å². The van der Waals surface area contributed by atoms with Crippen LogP contribution in [0.1, 0.15) is 18.6 Å². The minimum absolute atomic E-state index is 0.481. The topological polar surface area (TPSA) is 42.2 Å². The van der Waals surface area contributed by atoms with Gasteiger partial charge in [-0.15, -0.1) is 0 Å². The van der Waals surface area contributed by atoms with Crippen molar-refractivity contribution >= 4 is 11.6 Å². The Labute approximate surface area is 94.2 Å². The van der Waals surface area contributed by atoms with Gasteiger partial charge >= 0.3 is 0 Å². The predicted octanol–water partition coefficient (Wildman–Crippen LogP) is 2.95. The van der Waals surface area contributed by atoms with E-state index in [1.807, 2.05) is 6.92 Å². The second kappa shape index (κ2) is 5.59. The van der Waals surface area contributed by atoms with Crippen LogP contribution >= 0.6 is 11.6 Å². The van der Waals surface area contributed by atoms with Crippen LogP contribution < -0.4 is 4.74 Å². The summed E-state index contributed by atoms with van der Waals surface area (Å²) in [5, 5.41) is 9.36. The smallest absolute Gasteiger partial charge is 0.169 e. The summed E-state index contributed by atoms with van der Waals surface area (Å²) in [4.78, 5) is 0. The Balaban J connectivity index is 2.96. The minimum Gasteiger partial charge on any atom is -0.495 e. The molecule has 0 saturated carbocycles. The van der Waals surface area contributed by atoms with Gasteiger partial charge in [-0.05, 0) is 24.6 Å². The van der Waals surface area contributed by atoms with Gasteiger partial charge in [0.05, 0.1) is 18.2 Å². The van der Waals surface area contributed by atoms with E-state index in [9.17, 15) is 0 Å². The predicted molar refractivity (Wildman–Crippen MR) is 58.0 cm³/mol. The number of hydrogen-bond acceptors (Lipinski definition) is 3. The molecule has 15 heavy (non-hydrogen) atoms. The van der Waals surface area contributed by atoms with Crippen molar-refractivity contribution in [1.82, 2.24) is 0 Å². The van der Waals surface area contributed by atoms with Crippen LogP contribution in [-0.2, 0) is 4.74 Å². The summed E-state index contributed by atoms with van der Waals surface area (Å²) in [6, 6.07) is 7.24. The maximum absolute atomic E-state index is 8.88. The molecule has 0 aliphatic carbocycles. The molecule has 0 aliphatic heterocycles. The Morgan fingerprint density at radius 2 is 2.27 bits per heavy atom. The van der Waals surface area contributed by atoms with Crippen LogP contribution in [0.15, 0.2) is 18.2 Å². The van der Waals surface area contributed by atoms with Crippen LogP contribution in [0, 0.1) is 11.3 Å². The summed E-state index contributed by atoms with van der Waals surface area (Å²) in [5.41, 5.74) is 0.741. The monoisotopic (exact) mass is 225 g/mol. The number of hydrogen-bond donors (Lipinski definition) is 0. The standard InChI is InChI=1S/C11H12ClNO2/c1-3-15-11(7-13)8-4-5-10(14-2)9(12)6-8/h4-6,11H,3H2,1-2H3. The van der Waals surface area contributed by atoms with Gasteiger partial charge in [0.15, 0.2) is 6.10 Å². The average molecular weight is 226 g/mol. The summed E-state index contributed by atoms with van der Waals surface area (Å²) in [7, 11) is 1.55. The highest BCUT2D eigenvalue weighted by molar-refractivity contribution is 6.32. The second-order valence-corrected chi connectivity index (χ2v) is 3.27. The normalized spacial score (nSPS) is 11.9. The first-order valence-electron chi connectivity index (χ1n) is 4.57. The van der Waals surface area contributed by atoms with E-state index in [4.69, 9.17) is 26.3 Å². The zero-order valence-electron chi connectivity index (χ0n) is 8.66. The van der Waals surface area contributed by atoms with Crippen LogP contribution in [0.25, 0.3) is 0 Å². The number of nitriles is 1. The molecule has 0 aromatic heterocycles. The molecular formula is C11H12ClNO2. The molecule has 0 spiro atoms. The van der Waals surface area contributed by atoms with Crippen molar-refractivity contribution in [3.8, 4) is 11.8 Å². The van der Waals surface area contributed by atoms with Gasteiger partial charge in [-0.3, -0.25) is 0 Å². The number of halogens is 1. The maximum Gasteiger partial charge on any atom is 0.169 e. The molecule has 0 N–H and O–H groups in total. The van der Waals surface area contributed by atoms with Crippen molar-refractivity contribution in [2.45, 2.75) is 13.0 Å². The summed E-state index contributed by atoms with van der Waals surface area (Å²) in [6.45, 7) is 2.33. The van der Waals surface area contributed by atoms with E-state index in [0.717, 1.165) is 5.56 Å². The third kappa shape index (κ3) is 2.85. The molecule has 0 amide bonds. The van der Waals surface area contributed by atoms with Crippen molar-refractivity contribution in [1.29, 1.82) is 5.26 Å². The van der Waals surface area contributed by atoms with Crippen molar-refractivity contribution in [3.05, 3.63) is 28.8 Å². The largest absolute Gasteiger partial charge is 0.495 e. The third-order valence-electron chi connectivity index (χ3n) is 1.93.